The second kappa shape index (κ2) is 6.55. The summed E-state index contributed by atoms with van der Waals surface area (Å²) >= 11 is 0. The lowest BCUT2D eigenvalue weighted by Gasteiger charge is -2.30. The molecule has 0 aromatic rings. The van der Waals surface area contributed by atoms with Gasteiger partial charge in [-0.15, -0.1) is 0 Å². The fourth-order valence-corrected chi connectivity index (χ4v) is 3.34. The second-order valence-electron chi connectivity index (χ2n) is 6.28. The topological polar surface area (TPSA) is 41.1 Å². The molecule has 2 aliphatic rings. The van der Waals surface area contributed by atoms with Gasteiger partial charge in [0.15, 0.2) is 0 Å². The maximum Gasteiger partial charge on any atom is 0.237 e. The largest absolute Gasteiger partial charge is 0.352 e. The molecule has 1 amide bonds. The molecule has 1 aliphatic heterocycles. The second-order valence-corrected chi connectivity index (χ2v) is 6.28. The quantitative estimate of drug-likeness (QED) is 0.742. The van der Waals surface area contributed by atoms with Crippen molar-refractivity contribution < 1.29 is 4.79 Å². The molecule has 0 aromatic heterocycles. The Bertz CT molecular complexity index is 280. The molecule has 0 radical (unpaired) electrons. The lowest BCUT2D eigenvalue weighted by Crippen LogP contribution is -2.53. The Morgan fingerprint density at radius 3 is 2.56 bits per heavy atom. The first-order valence-electron chi connectivity index (χ1n) is 7.73. The Hall–Kier alpha value is -0.570. The van der Waals surface area contributed by atoms with Gasteiger partial charge in [0, 0.05) is 12.1 Å². The van der Waals surface area contributed by atoms with Gasteiger partial charge >= 0.3 is 0 Å². The minimum atomic E-state index is 0.0456. The molecule has 3 nitrogen and oxygen atoms in total. The highest BCUT2D eigenvalue weighted by Gasteiger charge is 2.28. The van der Waals surface area contributed by atoms with Crippen molar-refractivity contribution in [2.75, 3.05) is 0 Å². The molecule has 1 saturated heterocycles. The molecule has 3 heteroatoms. The van der Waals surface area contributed by atoms with Crippen LogP contribution in [-0.2, 0) is 4.79 Å². The van der Waals surface area contributed by atoms with E-state index in [9.17, 15) is 4.79 Å². The average Bonchev–Trinajstić information content (AvgIpc) is 2.55. The van der Waals surface area contributed by atoms with Crippen molar-refractivity contribution in [3.8, 4) is 0 Å². The molecule has 1 saturated carbocycles. The van der Waals surface area contributed by atoms with E-state index in [4.69, 9.17) is 0 Å². The van der Waals surface area contributed by atoms with E-state index < -0.39 is 0 Å². The minimum Gasteiger partial charge on any atom is -0.352 e. The van der Waals surface area contributed by atoms with Gasteiger partial charge in [0.25, 0.3) is 0 Å². The Balaban J connectivity index is 1.85. The first-order chi connectivity index (χ1) is 8.66. The highest BCUT2D eigenvalue weighted by Crippen LogP contribution is 2.23. The summed E-state index contributed by atoms with van der Waals surface area (Å²) in [6.45, 7) is 4.46. The average molecular weight is 252 g/mol. The summed E-state index contributed by atoms with van der Waals surface area (Å²) in [5, 5.41) is 6.72. The van der Waals surface area contributed by atoms with E-state index in [1.807, 2.05) is 0 Å². The first-order valence-corrected chi connectivity index (χ1v) is 7.73. The Morgan fingerprint density at radius 1 is 1.00 bits per heavy atom. The third-order valence-electron chi connectivity index (χ3n) is 4.62. The number of amides is 1. The molecule has 1 heterocycles. The summed E-state index contributed by atoms with van der Waals surface area (Å²) < 4.78 is 0. The number of nitrogens with one attached hydrogen (secondary N) is 2. The molecule has 2 rings (SSSR count). The molecule has 4 unspecified atom stereocenters. The molecule has 18 heavy (non-hydrogen) atoms. The number of rotatable bonds is 2. The van der Waals surface area contributed by atoms with Crippen LogP contribution in [0.15, 0.2) is 0 Å². The highest BCUT2D eigenvalue weighted by atomic mass is 16.2. The van der Waals surface area contributed by atoms with Crippen molar-refractivity contribution in [3.05, 3.63) is 0 Å². The number of piperidine rings is 1. The zero-order valence-corrected chi connectivity index (χ0v) is 11.9. The van der Waals surface area contributed by atoms with Crippen LogP contribution >= 0.6 is 0 Å². The normalized spacial score (nSPS) is 37.9. The van der Waals surface area contributed by atoms with Gasteiger partial charge in [0.1, 0.15) is 0 Å². The summed E-state index contributed by atoms with van der Waals surface area (Å²) in [7, 11) is 0. The minimum absolute atomic E-state index is 0.0456. The van der Waals surface area contributed by atoms with E-state index in [0.717, 1.165) is 12.8 Å². The van der Waals surface area contributed by atoms with Crippen LogP contribution < -0.4 is 10.6 Å². The maximum atomic E-state index is 12.3. The summed E-state index contributed by atoms with van der Waals surface area (Å²) in [5.41, 5.74) is 0. The van der Waals surface area contributed by atoms with Crippen LogP contribution in [-0.4, -0.2) is 24.0 Å². The van der Waals surface area contributed by atoms with Crippen LogP contribution in [0.2, 0.25) is 0 Å². The molecule has 0 spiro atoms. The van der Waals surface area contributed by atoms with Crippen LogP contribution in [0.25, 0.3) is 0 Å². The van der Waals surface area contributed by atoms with Crippen LogP contribution in [0.1, 0.15) is 65.2 Å². The van der Waals surface area contributed by atoms with Crippen molar-refractivity contribution in [3.63, 3.8) is 0 Å². The van der Waals surface area contributed by atoms with Gasteiger partial charge in [-0.2, -0.15) is 0 Å². The fourth-order valence-electron chi connectivity index (χ4n) is 3.34. The van der Waals surface area contributed by atoms with Crippen molar-refractivity contribution >= 4 is 5.91 Å². The Labute approximate surface area is 111 Å². The Kier molecular flexibility index (Phi) is 5.04. The van der Waals surface area contributed by atoms with Gasteiger partial charge in [-0.3, -0.25) is 4.79 Å². The van der Waals surface area contributed by atoms with Crippen LogP contribution in [0.3, 0.4) is 0 Å². The molecule has 1 aliphatic carbocycles. The molecule has 0 aromatic carbocycles. The van der Waals surface area contributed by atoms with Gasteiger partial charge < -0.3 is 10.6 Å². The predicted molar refractivity (Wildman–Crippen MR) is 74.4 cm³/mol. The van der Waals surface area contributed by atoms with E-state index >= 15 is 0 Å². The van der Waals surface area contributed by atoms with E-state index in [1.165, 1.54) is 38.5 Å². The van der Waals surface area contributed by atoms with E-state index in [-0.39, 0.29) is 11.9 Å². The van der Waals surface area contributed by atoms with Gasteiger partial charge in [-0.1, -0.05) is 26.2 Å². The molecule has 4 atom stereocenters. The SMILES string of the molecule is CC1CCCC(C(=O)NC2CCCCCC2C)N1. The van der Waals surface area contributed by atoms with Crippen molar-refractivity contribution in [2.24, 2.45) is 5.92 Å². The predicted octanol–water partition coefficient (Wildman–Crippen LogP) is 2.60. The summed E-state index contributed by atoms with van der Waals surface area (Å²) in [4.78, 5) is 12.3. The number of hydrogen-bond donors (Lipinski definition) is 2. The number of hydrogen-bond acceptors (Lipinski definition) is 2. The van der Waals surface area contributed by atoms with Gasteiger partial charge in [0.05, 0.1) is 6.04 Å². The van der Waals surface area contributed by atoms with Crippen LogP contribution in [0, 0.1) is 5.92 Å². The standard InChI is InChI=1S/C15H28N2O/c1-11-7-4-3-5-9-13(11)17-15(18)14-10-6-8-12(2)16-14/h11-14,16H,3-10H2,1-2H3,(H,17,18). The van der Waals surface area contributed by atoms with Crippen molar-refractivity contribution in [1.29, 1.82) is 0 Å². The fraction of sp³-hybridized carbons (Fsp3) is 0.933. The number of carbonyl (C=O) groups is 1. The summed E-state index contributed by atoms with van der Waals surface area (Å²) in [6.07, 6.45) is 9.72. The van der Waals surface area contributed by atoms with Crippen molar-refractivity contribution in [1.82, 2.24) is 10.6 Å². The van der Waals surface area contributed by atoms with Gasteiger partial charge in [-0.05, 0) is 44.9 Å². The first kappa shape index (κ1) is 13.9. The maximum absolute atomic E-state index is 12.3. The van der Waals surface area contributed by atoms with E-state index in [1.54, 1.807) is 0 Å². The third kappa shape index (κ3) is 3.71. The smallest absolute Gasteiger partial charge is 0.237 e. The number of carbonyl (C=O) groups excluding carboxylic acids is 1. The highest BCUT2D eigenvalue weighted by molar-refractivity contribution is 5.82. The summed E-state index contributed by atoms with van der Waals surface area (Å²) in [5.74, 6) is 0.873. The summed E-state index contributed by atoms with van der Waals surface area (Å²) in [6, 6.07) is 0.935. The van der Waals surface area contributed by atoms with Crippen molar-refractivity contribution in [2.45, 2.75) is 83.3 Å². The van der Waals surface area contributed by atoms with Gasteiger partial charge in [-0.25, -0.2) is 0 Å². The zero-order valence-electron chi connectivity index (χ0n) is 11.9. The zero-order chi connectivity index (χ0) is 13.0. The molecule has 104 valence electrons. The van der Waals surface area contributed by atoms with Crippen LogP contribution in [0.5, 0.6) is 0 Å². The third-order valence-corrected chi connectivity index (χ3v) is 4.62. The lowest BCUT2D eigenvalue weighted by atomic mass is 9.95. The molecule has 0 bridgehead atoms. The van der Waals surface area contributed by atoms with Gasteiger partial charge in [0.2, 0.25) is 5.91 Å². The Morgan fingerprint density at radius 2 is 1.78 bits per heavy atom. The molecular formula is C15H28N2O. The molecule has 2 N–H and O–H groups in total. The van der Waals surface area contributed by atoms with Crippen LogP contribution in [0.4, 0.5) is 0 Å². The van der Waals surface area contributed by atoms with E-state index in [0.29, 0.717) is 18.0 Å². The monoisotopic (exact) mass is 252 g/mol. The van der Waals surface area contributed by atoms with E-state index in [2.05, 4.69) is 24.5 Å². The molecular weight excluding hydrogens is 224 g/mol. The lowest BCUT2D eigenvalue weighted by molar-refractivity contribution is -0.125. The molecule has 2 fully saturated rings.